The van der Waals surface area contributed by atoms with Crippen LogP contribution in [0.4, 0.5) is 0 Å². The van der Waals surface area contributed by atoms with Crippen LogP contribution in [0.25, 0.3) is 0 Å². The lowest BCUT2D eigenvalue weighted by atomic mass is 9.82. The summed E-state index contributed by atoms with van der Waals surface area (Å²) in [4.78, 5) is 0. The van der Waals surface area contributed by atoms with Gasteiger partial charge in [0.2, 0.25) is 0 Å². The minimum absolute atomic E-state index is 0.394. The molecule has 21 heavy (non-hydrogen) atoms. The second-order valence-corrected chi connectivity index (χ2v) is 7.75. The van der Waals surface area contributed by atoms with E-state index in [1.165, 1.54) is 37.7 Å². The first kappa shape index (κ1) is 15.6. The number of fused-ring (bicyclic) bond motifs is 2. The van der Waals surface area contributed by atoms with Crippen molar-refractivity contribution in [2.45, 2.75) is 51.5 Å². The lowest BCUT2D eigenvalue weighted by Gasteiger charge is -2.28. The number of rotatable bonds is 6. The van der Waals surface area contributed by atoms with Crippen molar-refractivity contribution in [2.24, 2.45) is 17.8 Å². The molecule has 2 aliphatic carbocycles. The normalized spacial score (nSPS) is 29.0. The van der Waals surface area contributed by atoms with Gasteiger partial charge in [-0.3, -0.25) is 0 Å². The Morgan fingerprint density at radius 1 is 1.14 bits per heavy atom. The lowest BCUT2D eigenvalue weighted by Crippen LogP contribution is -2.26. The molecule has 3 heteroatoms. The Morgan fingerprint density at radius 2 is 1.90 bits per heavy atom. The number of hydrogen-bond acceptors (Lipinski definition) is 1. The van der Waals surface area contributed by atoms with E-state index in [1.54, 1.807) is 0 Å². The van der Waals surface area contributed by atoms with Crippen LogP contribution in [0.15, 0.2) is 18.2 Å². The molecule has 116 valence electrons. The maximum Gasteiger partial charge on any atom is 0.0424 e. The van der Waals surface area contributed by atoms with E-state index in [1.807, 2.05) is 6.07 Å². The summed E-state index contributed by atoms with van der Waals surface area (Å²) in [5.74, 6) is 2.86. The van der Waals surface area contributed by atoms with Crippen LogP contribution in [-0.2, 0) is 0 Å². The van der Waals surface area contributed by atoms with Gasteiger partial charge in [0.25, 0.3) is 0 Å². The third-order valence-electron chi connectivity index (χ3n) is 5.35. The number of halogens is 2. The van der Waals surface area contributed by atoms with Crippen molar-refractivity contribution < 1.29 is 0 Å². The Kier molecular flexibility index (Phi) is 5.14. The van der Waals surface area contributed by atoms with E-state index in [0.717, 1.165) is 40.8 Å². The van der Waals surface area contributed by atoms with Gasteiger partial charge in [-0.2, -0.15) is 0 Å². The van der Waals surface area contributed by atoms with Gasteiger partial charge in [-0.25, -0.2) is 0 Å². The van der Waals surface area contributed by atoms with Crippen LogP contribution in [0, 0.1) is 17.8 Å². The molecule has 4 atom stereocenters. The molecule has 3 rings (SSSR count). The van der Waals surface area contributed by atoms with E-state index >= 15 is 0 Å². The maximum absolute atomic E-state index is 6.20. The van der Waals surface area contributed by atoms with Crippen molar-refractivity contribution in [3.63, 3.8) is 0 Å². The summed E-state index contributed by atoms with van der Waals surface area (Å²) in [6, 6.07) is 6.37. The van der Waals surface area contributed by atoms with Crippen molar-refractivity contribution in [2.75, 3.05) is 6.54 Å². The minimum atomic E-state index is 0.394. The van der Waals surface area contributed by atoms with Gasteiger partial charge in [0.1, 0.15) is 0 Å². The highest BCUT2D eigenvalue weighted by Crippen LogP contribution is 2.51. The summed E-state index contributed by atoms with van der Waals surface area (Å²) in [6.07, 6.45) is 8.22. The first-order valence-electron chi connectivity index (χ1n) is 8.35. The summed E-state index contributed by atoms with van der Waals surface area (Å²) in [5.41, 5.74) is 1.25. The molecule has 1 aromatic rings. The van der Waals surface area contributed by atoms with Crippen molar-refractivity contribution in [1.29, 1.82) is 0 Å². The molecule has 2 bridgehead atoms. The topological polar surface area (TPSA) is 12.0 Å². The molecule has 0 spiro atoms. The van der Waals surface area contributed by atoms with Gasteiger partial charge in [0.15, 0.2) is 0 Å². The van der Waals surface area contributed by atoms with E-state index in [4.69, 9.17) is 23.2 Å². The fourth-order valence-electron chi connectivity index (χ4n) is 4.40. The Morgan fingerprint density at radius 3 is 2.48 bits per heavy atom. The number of benzene rings is 1. The molecule has 2 fully saturated rings. The van der Waals surface area contributed by atoms with E-state index < -0.39 is 0 Å². The zero-order valence-corrected chi connectivity index (χ0v) is 14.3. The first-order valence-corrected chi connectivity index (χ1v) is 9.10. The van der Waals surface area contributed by atoms with Crippen LogP contribution in [0.2, 0.25) is 10.0 Å². The summed E-state index contributed by atoms with van der Waals surface area (Å²) in [6.45, 7) is 3.27. The van der Waals surface area contributed by atoms with Crippen LogP contribution >= 0.6 is 23.2 Å². The van der Waals surface area contributed by atoms with Crippen LogP contribution in [0.5, 0.6) is 0 Å². The molecule has 0 aromatic heterocycles. The van der Waals surface area contributed by atoms with Crippen molar-refractivity contribution >= 4 is 23.2 Å². The summed E-state index contributed by atoms with van der Waals surface area (Å²) < 4.78 is 0. The van der Waals surface area contributed by atoms with Crippen molar-refractivity contribution in [3.8, 4) is 0 Å². The van der Waals surface area contributed by atoms with Gasteiger partial charge < -0.3 is 5.32 Å². The maximum atomic E-state index is 6.20. The average molecular weight is 326 g/mol. The van der Waals surface area contributed by atoms with Gasteiger partial charge >= 0.3 is 0 Å². The average Bonchev–Trinajstić information content (AvgIpc) is 3.04. The summed E-state index contributed by atoms with van der Waals surface area (Å²) in [5, 5.41) is 5.20. The molecule has 2 saturated carbocycles. The predicted octanol–water partition coefficient (Wildman–Crippen LogP) is 5.86. The fourth-order valence-corrected chi connectivity index (χ4v) is 4.94. The second kappa shape index (κ2) is 6.89. The van der Waals surface area contributed by atoms with Crippen molar-refractivity contribution in [3.05, 3.63) is 33.8 Å². The molecule has 4 unspecified atom stereocenters. The molecule has 0 aliphatic heterocycles. The zero-order chi connectivity index (χ0) is 14.8. The quantitative estimate of drug-likeness (QED) is 0.690. The molecule has 0 radical (unpaired) electrons. The van der Waals surface area contributed by atoms with Crippen LogP contribution in [0.1, 0.15) is 57.1 Å². The molecular weight excluding hydrogens is 301 g/mol. The zero-order valence-electron chi connectivity index (χ0n) is 12.7. The monoisotopic (exact) mass is 325 g/mol. The smallest absolute Gasteiger partial charge is 0.0424 e. The molecule has 2 aliphatic rings. The fraction of sp³-hybridized carbons (Fsp3) is 0.667. The molecule has 0 saturated heterocycles. The molecule has 0 heterocycles. The van der Waals surface area contributed by atoms with Crippen molar-refractivity contribution in [1.82, 2.24) is 5.32 Å². The third-order valence-corrected chi connectivity index (χ3v) is 5.79. The number of nitrogens with one attached hydrogen (secondary N) is 1. The standard InChI is InChI=1S/C18H25Cl2N/c1-2-5-21-18(15-8-16(19)11-17(20)9-15)10-14-7-12-3-4-13(14)6-12/h8-9,11-14,18,21H,2-7,10H2,1H3. The van der Waals surface area contributed by atoms with Gasteiger partial charge in [0.05, 0.1) is 0 Å². The number of hydrogen-bond donors (Lipinski definition) is 1. The van der Waals surface area contributed by atoms with E-state index in [9.17, 15) is 0 Å². The molecular formula is C18H25Cl2N. The van der Waals surface area contributed by atoms with Crippen LogP contribution in [0.3, 0.4) is 0 Å². The summed E-state index contributed by atoms with van der Waals surface area (Å²) in [7, 11) is 0. The van der Waals surface area contributed by atoms with Gasteiger partial charge in [-0.15, -0.1) is 0 Å². The third kappa shape index (κ3) is 3.75. The molecule has 1 aromatic carbocycles. The van der Waals surface area contributed by atoms with Crippen LogP contribution < -0.4 is 5.32 Å². The SMILES string of the molecule is CCCNC(CC1CC2CCC1C2)c1cc(Cl)cc(Cl)c1. The van der Waals surface area contributed by atoms with Crippen LogP contribution in [-0.4, -0.2) is 6.54 Å². The Hall–Kier alpha value is -0.240. The van der Waals surface area contributed by atoms with E-state index in [0.29, 0.717) is 6.04 Å². The molecule has 1 nitrogen and oxygen atoms in total. The Balaban J connectivity index is 1.73. The van der Waals surface area contributed by atoms with Gasteiger partial charge in [-0.1, -0.05) is 36.5 Å². The highest BCUT2D eigenvalue weighted by molar-refractivity contribution is 6.34. The summed E-state index contributed by atoms with van der Waals surface area (Å²) >= 11 is 12.4. The van der Waals surface area contributed by atoms with E-state index in [-0.39, 0.29) is 0 Å². The predicted molar refractivity (Wildman–Crippen MR) is 91.1 cm³/mol. The van der Waals surface area contributed by atoms with Gasteiger partial charge in [0, 0.05) is 16.1 Å². The Labute approximate surface area is 138 Å². The Bertz CT molecular complexity index is 468. The van der Waals surface area contributed by atoms with E-state index in [2.05, 4.69) is 24.4 Å². The molecule has 1 N–H and O–H groups in total. The highest BCUT2D eigenvalue weighted by Gasteiger charge is 2.40. The largest absolute Gasteiger partial charge is 0.310 e. The first-order chi connectivity index (χ1) is 10.2. The van der Waals surface area contributed by atoms with Gasteiger partial charge in [-0.05, 0) is 80.2 Å². The molecule has 0 amide bonds. The second-order valence-electron chi connectivity index (χ2n) is 6.88. The highest BCUT2D eigenvalue weighted by atomic mass is 35.5. The minimum Gasteiger partial charge on any atom is -0.310 e. The lowest BCUT2D eigenvalue weighted by molar-refractivity contribution is 0.279.